The maximum absolute atomic E-state index is 12.4. The van der Waals surface area contributed by atoms with E-state index in [1.165, 1.54) is 12.5 Å². The third-order valence-corrected chi connectivity index (χ3v) is 9.58. The van der Waals surface area contributed by atoms with Crippen molar-refractivity contribution in [3.63, 3.8) is 0 Å². The number of hydrogen-bond donors (Lipinski definition) is 1. The number of furan rings is 1. The predicted octanol–water partition coefficient (Wildman–Crippen LogP) is 5.47. The highest BCUT2D eigenvalue weighted by molar-refractivity contribution is 5.98. The molecule has 1 aromatic heterocycles. The fourth-order valence-corrected chi connectivity index (χ4v) is 8.03. The number of rotatable bonds is 3. The van der Waals surface area contributed by atoms with Crippen LogP contribution in [0.5, 0.6) is 0 Å². The summed E-state index contributed by atoms with van der Waals surface area (Å²) in [6, 6.07) is 5.87. The lowest BCUT2D eigenvalue weighted by atomic mass is 9.47. The average Bonchev–Trinajstić information content (AvgIpc) is 3.41. The molecule has 2 N–H and O–H groups in total. The van der Waals surface area contributed by atoms with Gasteiger partial charge in [0.15, 0.2) is 0 Å². The first kappa shape index (κ1) is 23.7. The summed E-state index contributed by atoms with van der Waals surface area (Å²) in [4.78, 5) is 23.9. The van der Waals surface area contributed by atoms with Gasteiger partial charge >= 0.3 is 5.97 Å². The van der Waals surface area contributed by atoms with Crippen LogP contribution >= 0.6 is 0 Å². The van der Waals surface area contributed by atoms with Crippen LogP contribution in [0.2, 0.25) is 0 Å². The summed E-state index contributed by atoms with van der Waals surface area (Å²) in [5.74, 6) is 1.17. The first-order valence-electron chi connectivity index (χ1n) is 12.7. The Labute approximate surface area is 206 Å². The largest absolute Gasteiger partial charge is 0.465 e. The summed E-state index contributed by atoms with van der Waals surface area (Å²) in [6.07, 6.45) is 12.5. The molecule has 35 heavy (non-hydrogen) atoms. The van der Waals surface area contributed by atoms with E-state index in [1.807, 2.05) is 18.2 Å². The Kier molecular flexibility index (Phi) is 5.78. The first-order chi connectivity index (χ1) is 16.7. The van der Waals surface area contributed by atoms with Crippen molar-refractivity contribution in [2.75, 3.05) is 0 Å². The Balaban J connectivity index is 1.54. The van der Waals surface area contributed by atoms with E-state index in [2.05, 4.69) is 26.0 Å². The van der Waals surface area contributed by atoms with E-state index in [4.69, 9.17) is 14.9 Å². The van der Waals surface area contributed by atoms with Crippen LogP contribution in [0.3, 0.4) is 0 Å². The molecule has 0 aromatic carbocycles. The minimum atomic E-state index is -0.654. The number of fused-ring (bicyclic) bond motifs is 5. The van der Waals surface area contributed by atoms with E-state index < -0.39 is 5.91 Å². The van der Waals surface area contributed by atoms with Gasteiger partial charge in [0, 0.05) is 13.3 Å². The smallest absolute Gasteiger partial charge is 0.302 e. The van der Waals surface area contributed by atoms with Crippen molar-refractivity contribution in [2.24, 2.45) is 34.3 Å². The lowest BCUT2D eigenvalue weighted by molar-refractivity contribution is -0.148. The van der Waals surface area contributed by atoms with E-state index in [9.17, 15) is 14.9 Å². The molecule has 3 fully saturated rings. The quantitative estimate of drug-likeness (QED) is 0.270. The van der Waals surface area contributed by atoms with Gasteiger partial charge in [0.2, 0.25) is 0 Å². The maximum atomic E-state index is 12.4. The van der Waals surface area contributed by atoms with E-state index in [0.717, 1.165) is 61.9 Å². The molecular formula is C29H34N2O4. The van der Waals surface area contributed by atoms with Gasteiger partial charge < -0.3 is 14.9 Å². The Morgan fingerprint density at radius 2 is 1.97 bits per heavy atom. The Morgan fingerprint density at radius 1 is 1.20 bits per heavy atom. The number of hydrogen-bond acceptors (Lipinski definition) is 5. The summed E-state index contributed by atoms with van der Waals surface area (Å²) in [5, 5.41) is 9.92. The lowest BCUT2D eigenvalue weighted by Crippen LogP contribution is -2.50. The molecule has 6 nitrogen and oxygen atoms in total. The number of carbonyl (C=O) groups is 2. The summed E-state index contributed by atoms with van der Waals surface area (Å²) in [7, 11) is 0. The van der Waals surface area contributed by atoms with Gasteiger partial charge in [-0.1, -0.05) is 25.5 Å². The molecular weight excluding hydrogens is 440 g/mol. The number of nitrogens with zero attached hydrogens (tertiary/aromatic N) is 1. The standard InChI is InChI=1S/C29H34N2O4/c1-17(32)35-21-8-10-28(2)19(15-21)6-7-22-24(28)9-11-29(3)25(22)14-18(13-20-5-4-12-34-20)26(29)23(16-30)27(31)33/h4-6,12-13,21-22,24-25H,7-11,14-15H2,1-3H3,(H2,31,33)/b18-13+,26-23-/t21-,22+,24-,25-,28-,29-/m0/s1. The number of primary amides is 1. The van der Waals surface area contributed by atoms with Crippen LogP contribution < -0.4 is 5.73 Å². The van der Waals surface area contributed by atoms with E-state index >= 15 is 0 Å². The molecule has 4 aliphatic carbocycles. The highest BCUT2D eigenvalue weighted by Gasteiger charge is 2.59. The number of nitriles is 1. The number of carbonyl (C=O) groups excluding carboxylic acids is 2. The van der Waals surface area contributed by atoms with Crippen molar-refractivity contribution in [3.05, 3.63) is 52.5 Å². The average molecular weight is 475 g/mol. The molecule has 0 aliphatic heterocycles. The van der Waals surface area contributed by atoms with Gasteiger partial charge in [0.1, 0.15) is 23.5 Å². The maximum Gasteiger partial charge on any atom is 0.302 e. The molecule has 0 bridgehead atoms. The van der Waals surface area contributed by atoms with Gasteiger partial charge in [-0.05, 0) is 96.5 Å². The number of ether oxygens (including phenoxy) is 1. The zero-order chi connectivity index (χ0) is 25.0. The molecule has 3 saturated carbocycles. The fourth-order valence-electron chi connectivity index (χ4n) is 8.03. The second-order valence-corrected chi connectivity index (χ2v) is 11.3. The predicted molar refractivity (Wildman–Crippen MR) is 131 cm³/mol. The SMILES string of the molecule is CC(=O)O[C@H]1CC[C@@]2(C)C(=CC[C@@H]3[C@@H]2CC[C@]2(C)C(=C(/C#N)C(N)=O)/C(=C/c4ccco4)C[C@@H]32)C1. The van der Waals surface area contributed by atoms with Gasteiger partial charge in [-0.15, -0.1) is 0 Å². The van der Waals surface area contributed by atoms with Crippen molar-refractivity contribution < 1.29 is 18.7 Å². The van der Waals surface area contributed by atoms with E-state index in [1.54, 1.807) is 6.26 Å². The third kappa shape index (κ3) is 3.76. The molecule has 0 unspecified atom stereocenters. The molecule has 6 atom stereocenters. The van der Waals surface area contributed by atoms with Crippen LogP contribution in [-0.4, -0.2) is 18.0 Å². The number of nitrogens with two attached hydrogens (primary N) is 1. The Hall–Kier alpha value is -3.07. The van der Waals surface area contributed by atoms with Crippen molar-refractivity contribution in [1.29, 1.82) is 5.26 Å². The molecule has 184 valence electrons. The molecule has 0 saturated heterocycles. The minimum Gasteiger partial charge on any atom is -0.465 e. The zero-order valence-electron chi connectivity index (χ0n) is 20.8. The minimum absolute atomic E-state index is 0.0187. The summed E-state index contributed by atoms with van der Waals surface area (Å²) >= 11 is 0. The summed E-state index contributed by atoms with van der Waals surface area (Å²) in [5.41, 5.74) is 8.89. The van der Waals surface area contributed by atoms with Gasteiger partial charge in [0.05, 0.1) is 6.26 Å². The van der Waals surface area contributed by atoms with E-state index in [-0.39, 0.29) is 28.5 Å². The van der Waals surface area contributed by atoms with Gasteiger partial charge in [-0.2, -0.15) is 5.26 Å². The molecule has 5 rings (SSSR count). The summed E-state index contributed by atoms with van der Waals surface area (Å²) < 4.78 is 11.2. The normalized spacial score (nSPS) is 38.5. The number of amides is 1. The van der Waals surface area contributed by atoms with Crippen LogP contribution in [0, 0.1) is 39.9 Å². The Morgan fingerprint density at radius 3 is 2.63 bits per heavy atom. The highest BCUT2D eigenvalue weighted by Crippen LogP contribution is 2.67. The monoisotopic (exact) mass is 474 g/mol. The third-order valence-electron chi connectivity index (χ3n) is 9.58. The molecule has 4 aliphatic rings. The van der Waals surface area contributed by atoms with Crippen LogP contribution in [0.15, 0.2) is 51.2 Å². The topological polar surface area (TPSA) is 106 Å². The highest BCUT2D eigenvalue weighted by atomic mass is 16.5. The number of allylic oxidation sites excluding steroid dienone is 3. The fraction of sp³-hybridized carbons (Fsp3) is 0.552. The van der Waals surface area contributed by atoms with E-state index in [0.29, 0.717) is 17.8 Å². The number of esters is 1. The van der Waals surface area contributed by atoms with Gasteiger partial charge in [-0.3, -0.25) is 9.59 Å². The van der Waals surface area contributed by atoms with Crippen molar-refractivity contribution in [1.82, 2.24) is 0 Å². The lowest BCUT2D eigenvalue weighted by Gasteiger charge is -2.57. The van der Waals surface area contributed by atoms with Gasteiger partial charge in [0.25, 0.3) is 5.91 Å². The van der Waals surface area contributed by atoms with Gasteiger partial charge in [-0.25, -0.2) is 0 Å². The van der Waals surface area contributed by atoms with Crippen LogP contribution in [-0.2, 0) is 14.3 Å². The van der Waals surface area contributed by atoms with Crippen molar-refractivity contribution in [3.8, 4) is 6.07 Å². The molecule has 1 amide bonds. The Bertz CT molecular complexity index is 1180. The second kappa shape index (κ2) is 8.55. The van der Waals surface area contributed by atoms with Crippen LogP contribution in [0.4, 0.5) is 0 Å². The molecule has 6 heteroatoms. The van der Waals surface area contributed by atoms with Crippen LogP contribution in [0.1, 0.15) is 71.5 Å². The molecule has 0 radical (unpaired) electrons. The van der Waals surface area contributed by atoms with Crippen molar-refractivity contribution >= 4 is 18.0 Å². The first-order valence-corrected chi connectivity index (χ1v) is 12.7. The zero-order valence-corrected chi connectivity index (χ0v) is 20.8. The van der Waals surface area contributed by atoms with Crippen molar-refractivity contribution in [2.45, 2.75) is 71.8 Å². The second-order valence-electron chi connectivity index (χ2n) is 11.3. The summed E-state index contributed by atoms with van der Waals surface area (Å²) in [6.45, 7) is 6.12. The molecule has 1 aromatic rings. The molecule has 1 heterocycles. The molecule has 0 spiro atoms. The van der Waals surface area contributed by atoms with Crippen LogP contribution in [0.25, 0.3) is 6.08 Å².